The van der Waals surface area contributed by atoms with E-state index >= 15 is 0 Å². The van der Waals surface area contributed by atoms with Crippen LogP contribution in [0.1, 0.15) is 5.82 Å². The number of rotatable bonds is 1. The van der Waals surface area contributed by atoms with Gasteiger partial charge in [-0.05, 0) is 19.1 Å². The monoisotopic (exact) mass is 248 g/mol. The Balaban J connectivity index is 2.27. The molecule has 2 aromatic heterocycles. The SMILES string of the molecule is Cc1nnc2sc(-c3c(O)cccc3O)nn12. The Labute approximate surface area is 99.8 Å². The van der Waals surface area contributed by atoms with Crippen LogP contribution in [-0.2, 0) is 0 Å². The first-order chi connectivity index (χ1) is 8.16. The maximum Gasteiger partial charge on any atom is 0.234 e. The van der Waals surface area contributed by atoms with E-state index in [1.165, 1.54) is 23.5 Å². The molecular formula is C10H8N4O2S. The zero-order valence-corrected chi connectivity index (χ0v) is 9.64. The number of benzene rings is 1. The van der Waals surface area contributed by atoms with E-state index in [1.54, 1.807) is 17.5 Å². The average molecular weight is 248 g/mol. The highest BCUT2D eigenvalue weighted by Gasteiger charge is 2.16. The highest BCUT2D eigenvalue weighted by molar-refractivity contribution is 7.19. The van der Waals surface area contributed by atoms with Gasteiger partial charge in [-0.15, -0.1) is 10.2 Å². The van der Waals surface area contributed by atoms with Crippen molar-refractivity contribution in [3.63, 3.8) is 0 Å². The predicted molar refractivity (Wildman–Crippen MR) is 62.2 cm³/mol. The Hall–Kier alpha value is -2.15. The summed E-state index contributed by atoms with van der Waals surface area (Å²) >= 11 is 1.26. The van der Waals surface area contributed by atoms with Gasteiger partial charge in [0.15, 0.2) is 10.8 Å². The Morgan fingerprint density at radius 3 is 2.53 bits per heavy atom. The van der Waals surface area contributed by atoms with Gasteiger partial charge in [-0.25, -0.2) is 0 Å². The lowest BCUT2D eigenvalue weighted by Crippen LogP contribution is -1.89. The molecule has 0 amide bonds. The Morgan fingerprint density at radius 2 is 1.88 bits per heavy atom. The summed E-state index contributed by atoms with van der Waals surface area (Å²) in [5, 5.41) is 32.0. The van der Waals surface area contributed by atoms with Gasteiger partial charge >= 0.3 is 0 Å². The van der Waals surface area contributed by atoms with E-state index in [0.29, 0.717) is 21.4 Å². The number of nitrogens with zero attached hydrogens (tertiary/aromatic N) is 4. The van der Waals surface area contributed by atoms with Gasteiger partial charge in [0.25, 0.3) is 0 Å². The molecule has 0 fully saturated rings. The van der Waals surface area contributed by atoms with Gasteiger partial charge in [0, 0.05) is 0 Å². The molecule has 7 heteroatoms. The molecule has 6 nitrogen and oxygen atoms in total. The van der Waals surface area contributed by atoms with E-state index < -0.39 is 0 Å². The van der Waals surface area contributed by atoms with E-state index in [1.807, 2.05) is 0 Å². The van der Waals surface area contributed by atoms with Gasteiger partial charge in [-0.3, -0.25) is 0 Å². The molecule has 0 spiro atoms. The fourth-order valence-corrected chi connectivity index (χ4v) is 2.51. The van der Waals surface area contributed by atoms with E-state index in [-0.39, 0.29) is 11.5 Å². The molecule has 3 rings (SSSR count). The van der Waals surface area contributed by atoms with Crippen LogP contribution in [0.25, 0.3) is 15.5 Å². The van der Waals surface area contributed by atoms with Gasteiger partial charge in [0.2, 0.25) is 4.96 Å². The Kier molecular flexibility index (Phi) is 2.02. The minimum absolute atomic E-state index is 0.00684. The smallest absolute Gasteiger partial charge is 0.234 e. The number of phenols is 2. The molecule has 0 aliphatic carbocycles. The average Bonchev–Trinajstić information content (AvgIpc) is 2.82. The Bertz CT molecular complexity index is 683. The summed E-state index contributed by atoms with van der Waals surface area (Å²) in [4.78, 5) is 0.625. The van der Waals surface area contributed by atoms with Crippen LogP contribution in [0.5, 0.6) is 11.5 Å². The number of aromatic hydroxyl groups is 2. The van der Waals surface area contributed by atoms with Crippen molar-refractivity contribution >= 4 is 16.3 Å². The second-order valence-corrected chi connectivity index (χ2v) is 4.48. The van der Waals surface area contributed by atoms with E-state index in [9.17, 15) is 10.2 Å². The summed E-state index contributed by atoms with van der Waals surface area (Å²) in [5.41, 5.74) is 0.322. The molecule has 2 heterocycles. The maximum atomic E-state index is 9.74. The summed E-state index contributed by atoms with van der Waals surface area (Å²) in [6.07, 6.45) is 0. The zero-order chi connectivity index (χ0) is 12.0. The van der Waals surface area contributed by atoms with Crippen molar-refractivity contribution in [2.75, 3.05) is 0 Å². The minimum atomic E-state index is -0.00684. The molecule has 86 valence electrons. The van der Waals surface area contributed by atoms with Crippen LogP contribution < -0.4 is 0 Å². The van der Waals surface area contributed by atoms with Crippen LogP contribution in [0.15, 0.2) is 18.2 Å². The molecule has 0 aliphatic rings. The van der Waals surface area contributed by atoms with Gasteiger partial charge in [0.05, 0.1) is 5.56 Å². The first-order valence-electron chi connectivity index (χ1n) is 4.87. The highest BCUT2D eigenvalue weighted by Crippen LogP contribution is 2.38. The summed E-state index contributed by atoms with van der Waals surface area (Å²) in [6.45, 7) is 1.79. The first kappa shape index (κ1) is 10.0. The molecular weight excluding hydrogens is 240 g/mol. The largest absolute Gasteiger partial charge is 0.507 e. The van der Waals surface area contributed by atoms with Gasteiger partial charge < -0.3 is 10.2 Å². The van der Waals surface area contributed by atoms with Gasteiger partial charge in [-0.2, -0.15) is 9.61 Å². The van der Waals surface area contributed by atoms with Gasteiger partial charge in [-0.1, -0.05) is 17.4 Å². The Morgan fingerprint density at radius 1 is 1.18 bits per heavy atom. The summed E-state index contributed by atoms with van der Waals surface area (Å²) in [6, 6.07) is 4.58. The van der Waals surface area contributed by atoms with Crippen LogP contribution in [0, 0.1) is 6.92 Å². The number of aromatic nitrogens is 4. The number of phenolic OH excluding ortho intramolecular Hbond substituents is 2. The maximum absolute atomic E-state index is 9.74. The van der Waals surface area contributed by atoms with Crippen molar-refractivity contribution in [3.05, 3.63) is 24.0 Å². The zero-order valence-electron chi connectivity index (χ0n) is 8.82. The van der Waals surface area contributed by atoms with Gasteiger partial charge in [0.1, 0.15) is 11.5 Å². The van der Waals surface area contributed by atoms with Crippen LogP contribution in [-0.4, -0.2) is 30.0 Å². The van der Waals surface area contributed by atoms with E-state index in [4.69, 9.17) is 0 Å². The van der Waals surface area contributed by atoms with Crippen LogP contribution in [0.4, 0.5) is 0 Å². The lowest BCUT2D eigenvalue weighted by Gasteiger charge is -2.02. The lowest BCUT2D eigenvalue weighted by atomic mass is 10.2. The van der Waals surface area contributed by atoms with Crippen molar-refractivity contribution in [2.24, 2.45) is 0 Å². The number of aryl methyl sites for hydroxylation is 1. The third-order valence-electron chi connectivity index (χ3n) is 2.38. The minimum Gasteiger partial charge on any atom is -0.507 e. The fourth-order valence-electron chi connectivity index (χ4n) is 1.56. The fraction of sp³-hybridized carbons (Fsp3) is 0.100. The lowest BCUT2D eigenvalue weighted by molar-refractivity contribution is 0.454. The molecule has 0 saturated heterocycles. The molecule has 17 heavy (non-hydrogen) atoms. The molecule has 0 aliphatic heterocycles. The number of hydrogen-bond donors (Lipinski definition) is 2. The van der Waals surface area contributed by atoms with Crippen LogP contribution in [0.3, 0.4) is 0 Å². The molecule has 3 aromatic rings. The molecule has 2 N–H and O–H groups in total. The summed E-state index contributed by atoms with van der Waals surface area (Å²) < 4.78 is 1.58. The molecule has 1 aromatic carbocycles. The number of fused-ring (bicyclic) bond motifs is 1. The van der Waals surface area contributed by atoms with Crippen molar-refractivity contribution in [1.82, 2.24) is 19.8 Å². The molecule has 0 saturated carbocycles. The molecule has 0 radical (unpaired) electrons. The standard InChI is InChI=1S/C10H8N4O2S/c1-5-11-12-10-14(5)13-9(17-10)8-6(15)3-2-4-7(8)16/h2-4,15-16H,1H3. The quantitative estimate of drug-likeness (QED) is 0.683. The third kappa shape index (κ3) is 1.43. The van der Waals surface area contributed by atoms with Crippen LogP contribution >= 0.6 is 11.3 Å². The van der Waals surface area contributed by atoms with Crippen molar-refractivity contribution in [1.29, 1.82) is 0 Å². The topological polar surface area (TPSA) is 83.5 Å². The van der Waals surface area contributed by atoms with Crippen molar-refractivity contribution in [3.8, 4) is 22.1 Å². The molecule has 0 unspecified atom stereocenters. The molecule has 0 bridgehead atoms. The van der Waals surface area contributed by atoms with E-state index in [2.05, 4.69) is 15.3 Å². The van der Waals surface area contributed by atoms with E-state index in [0.717, 1.165) is 0 Å². The molecule has 0 atom stereocenters. The highest BCUT2D eigenvalue weighted by atomic mass is 32.1. The number of hydrogen-bond acceptors (Lipinski definition) is 6. The predicted octanol–water partition coefficient (Wildman–Crippen LogP) is 1.57. The third-order valence-corrected chi connectivity index (χ3v) is 3.30. The first-order valence-corrected chi connectivity index (χ1v) is 5.68. The second kappa shape index (κ2) is 3.42. The van der Waals surface area contributed by atoms with Crippen LogP contribution in [0.2, 0.25) is 0 Å². The normalized spacial score (nSPS) is 11.1. The van der Waals surface area contributed by atoms with Crippen molar-refractivity contribution < 1.29 is 10.2 Å². The summed E-state index contributed by atoms with van der Waals surface area (Å²) in [7, 11) is 0. The van der Waals surface area contributed by atoms with Crippen molar-refractivity contribution in [2.45, 2.75) is 6.92 Å². The summed E-state index contributed by atoms with van der Waals surface area (Å²) in [5.74, 6) is 0.651. The second-order valence-electron chi connectivity index (χ2n) is 3.52.